The number of allylic oxidation sites excluding steroid dienone is 20. The predicted octanol–water partition coefficient (Wildman–Crippen LogP) is 15.0. The van der Waals surface area contributed by atoms with Gasteiger partial charge in [-0.25, -0.2) is 0 Å². The van der Waals surface area contributed by atoms with Gasteiger partial charge in [0, 0.05) is 23.2 Å². The predicted molar refractivity (Wildman–Crippen MR) is 276 cm³/mol. The van der Waals surface area contributed by atoms with Crippen LogP contribution >= 0.6 is 0 Å². The van der Waals surface area contributed by atoms with Crippen molar-refractivity contribution >= 4 is 49.4 Å². The van der Waals surface area contributed by atoms with Crippen molar-refractivity contribution in [3.8, 4) is 11.1 Å². The van der Waals surface area contributed by atoms with Crippen LogP contribution in [0.15, 0.2) is 217 Å². The molecule has 0 nitrogen and oxygen atoms in total. The average Bonchev–Trinajstić information content (AvgIpc) is 3.59. The van der Waals surface area contributed by atoms with Gasteiger partial charge < -0.3 is 0 Å². The Balaban J connectivity index is 0.954. The summed E-state index contributed by atoms with van der Waals surface area (Å²) in [5.74, 6) is 1.01. The van der Waals surface area contributed by atoms with Crippen LogP contribution in [0.4, 0.5) is 0 Å². The highest BCUT2D eigenvalue weighted by molar-refractivity contribution is 6.20. The van der Waals surface area contributed by atoms with E-state index in [2.05, 4.69) is 214 Å². The molecule has 0 amide bonds. The zero-order valence-electron chi connectivity index (χ0n) is 37.3. The van der Waals surface area contributed by atoms with Crippen LogP contribution in [0.1, 0.15) is 73.8 Å². The molecule has 312 valence electrons. The number of fused-ring (bicyclic) bond motifs is 7. The van der Waals surface area contributed by atoms with E-state index in [9.17, 15) is 0 Å². The summed E-state index contributed by atoms with van der Waals surface area (Å²) in [5.41, 5.74) is 21.2. The fraction of sp³-hybridized carbons (Fsp3) is 0.169. The van der Waals surface area contributed by atoms with Crippen LogP contribution in [0.5, 0.6) is 0 Å². The molecule has 0 aliphatic heterocycles. The molecule has 0 aromatic heterocycles. The molecule has 13 rings (SSSR count). The summed E-state index contributed by atoms with van der Waals surface area (Å²) >= 11 is 0. The van der Waals surface area contributed by atoms with E-state index >= 15 is 0 Å². The molecule has 65 heavy (non-hydrogen) atoms. The molecule has 7 aliphatic rings. The fourth-order valence-electron chi connectivity index (χ4n) is 12.8. The number of hydrogen-bond acceptors (Lipinski definition) is 0. The molecule has 0 spiro atoms. The van der Waals surface area contributed by atoms with E-state index in [4.69, 9.17) is 0 Å². The first-order chi connectivity index (χ1) is 32.0. The van der Waals surface area contributed by atoms with Gasteiger partial charge in [-0.05, 0) is 148 Å². The van der Waals surface area contributed by atoms with Crippen LogP contribution in [-0.4, -0.2) is 0 Å². The molecule has 6 aromatic rings. The van der Waals surface area contributed by atoms with Gasteiger partial charge in [0.2, 0.25) is 0 Å². The van der Waals surface area contributed by atoms with Crippen LogP contribution in [-0.2, 0) is 5.41 Å². The molecule has 0 saturated carbocycles. The third-order valence-corrected chi connectivity index (χ3v) is 15.9. The average molecular weight is 833 g/mol. The Labute approximate surface area is 383 Å². The Bertz CT molecular complexity index is 3480. The van der Waals surface area contributed by atoms with Crippen molar-refractivity contribution in [3.63, 3.8) is 0 Å². The lowest BCUT2D eigenvalue weighted by atomic mass is 9.68. The number of rotatable bonds is 5. The molecule has 6 aromatic carbocycles. The summed E-state index contributed by atoms with van der Waals surface area (Å²) in [4.78, 5) is 0. The number of hydrogen-bond donors (Lipinski definition) is 0. The molecule has 0 saturated heterocycles. The van der Waals surface area contributed by atoms with Crippen molar-refractivity contribution in [1.29, 1.82) is 0 Å². The number of benzene rings is 6. The van der Waals surface area contributed by atoms with Crippen molar-refractivity contribution in [2.24, 2.45) is 17.8 Å². The van der Waals surface area contributed by atoms with Gasteiger partial charge in [-0.2, -0.15) is 0 Å². The second-order valence-electron chi connectivity index (χ2n) is 19.6. The maximum atomic E-state index is 2.56. The minimum absolute atomic E-state index is 0.0390. The fourth-order valence-corrected chi connectivity index (χ4v) is 12.8. The van der Waals surface area contributed by atoms with E-state index in [0.29, 0.717) is 5.92 Å². The van der Waals surface area contributed by atoms with E-state index in [0.717, 1.165) is 32.1 Å². The quantitative estimate of drug-likeness (QED) is 0.152. The molecule has 0 radical (unpaired) electrons. The third-order valence-electron chi connectivity index (χ3n) is 15.9. The second-order valence-corrected chi connectivity index (χ2v) is 19.6. The molecule has 3 atom stereocenters. The molecule has 3 unspecified atom stereocenters. The first-order valence-corrected chi connectivity index (χ1v) is 24.0. The standard InChI is InChI=1S/C65H52/c1-65(2)59-30-16-15-20-48(59)49-38-37-46(40-60(49)65)63-53-24-9-7-22-51(53)61(52-23-8-10-25-54(52)63)42-32-34-43(35-33-42)62-55-26-11-13-28-57(55)64(58-29-14-12-27-56(58)62)50-21-6-5-19-47(50)45-36-31-41-17-3-4-18-44(41)39-45/h3-15,17-29,32,34,36-41,51,53H,16,30-31,33,35H2,1-2H3. The normalized spacial score (nSPS) is 22.2. The lowest BCUT2D eigenvalue weighted by molar-refractivity contribution is 0.607. The highest BCUT2D eigenvalue weighted by atomic mass is 14.4. The lowest BCUT2D eigenvalue weighted by Gasteiger charge is -2.35. The largest absolute Gasteiger partial charge is 0.0836 e. The van der Waals surface area contributed by atoms with Crippen LogP contribution < -0.4 is 10.4 Å². The summed E-state index contributed by atoms with van der Waals surface area (Å²) in [5, 5.41) is 8.06. The maximum absolute atomic E-state index is 2.56. The molecule has 0 N–H and O–H groups in total. The molecule has 0 fully saturated rings. The van der Waals surface area contributed by atoms with Gasteiger partial charge in [-0.3, -0.25) is 0 Å². The molecular formula is C65H52. The van der Waals surface area contributed by atoms with Crippen molar-refractivity contribution < 1.29 is 0 Å². The Morgan fingerprint density at radius 2 is 1.17 bits per heavy atom. The highest BCUT2D eigenvalue weighted by Gasteiger charge is 2.39. The molecule has 0 heteroatoms. The van der Waals surface area contributed by atoms with Crippen LogP contribution in [0.3, 0.4) is 0 Å². The van der Waals surface area contributed by atoms with Crippen molar-refractivity contribution in [3.05, 3.63) is 255 Å². The van der Waals surface area contributed by atoms with Gasteiger partial charge in [0.15, 0.2) is 0 Å². The Morgan fingerprint density at radius 3 is 1.91 bits per heavy atom. The van der Waals surface area contributed by atoms with Gasteiger partial charge in [0.25, 0.3) is 0 Å². The molecule has 7 aliphatic carbocycles. The van der Waals surface area contributed by atoms with Crippen molar-refractivity contribution in [1.82, 2.24) is 0 Å². The maximum Gasteiger partial charge on any atom is 0.0137 e. The Morgan fingerprint density at radius 1 is 0.538 bits per heavy atom. The summed E-state index contributed by atoms with van der Waals surface area (Å²) in [6.07, 6.45) is 38.4. The zero-order valence-corrected chi connectivity index (χ0v) is 37.3. The Hall–Kier alpha value is -7.02. The van der Waals surface area contributed by atoms with Crippen LogP contribution in [0.2, 0.25) is 0 Å². The topological polar surface area (TPSA) is 0 Å². The Kier molecular flexibility index (Phi) is 8.89. The van der Waals surface area contributed by atoms with E-state index in [1.54, 1.807) is 5.57 Å². The molecular weight excluding hydrogens is 781 g/mol. The monoisotopic (exact) mass is 832 g/mol. The van der Waals surface area contributed by atoms with Crippen LogP contribution in [0.25, 0.3) is 60.5 Å². The van der Waals surface area contributed by atoms with Gasteiger partial charge in [0.1, 0.15) is 0 Å². The van der Waals surface area contributed by atoms with Gasteiger partial charge in [0.05, 0.1) is 0 Å². The molecule has 0 heterocycles. The van der Waals surface area contributed by atoms with Crippen LogP contribution in [0, 0.1) is 17.8 Å². The minimum Gasteiger partial charge on any atom is -0.0836 e. The van der Waals surface area contributed by atoms with E-state index in [1.165, 1.54) is 110 Å². The van der Waals surface area contributed by atoms with Gasteiger partial charge >= 0.3 is 0 Å². The molecule has 0 bridgehead atoms. The second kappa shape index (κ2) is 15.0. The highest BCUT2D eigenvalue weighted by Crippen LogP contribution is 2.52. The summed E-state index contributed by atoms with van der Waals surface area (Å²) in [6, 6.07) is 44.1. The summed E-state index contributed by atoms with van der Waals surface area (Å²) < 4.78 is 0. The zero-order chi connectivity index (χ0) is 43.2. The van der Waals surface area contributed by atoms with Gasteiger partial charge in [-0.1, -0.05) is 214 Å². The third kappa shape index (κ3) is 5.96. The first kappa shape index (κ1) is 38.4. The van der Waals surface area contributed by atoms with E-state index in [1.807, 2.05) is 0 Å². The van der Waals surface area contributed by atoms with Crippen molar-refractivity contribution in [2.45, 2.75) is 51.4 Å². The summed E-state index contributed by atoms with van der Waals surface area (Å²) in [7, 11) is 0. The van der Waals surface area contributed by atoms with E-state index in [-0.39, 0.29) is 17.3 Å². The van der Waals surface area contributed by atoms with Gasteiger partial charge in [-0.15, -0.1) is 0 Å². The smallest absolute Gasteiger partial charge is 0.0137 e. The SMILES string of the molecule is CC1(C)C2=C(C=CCC2)c2ccc(C3=c4ccccc4=C(C4=CC=C(c5c6ccccc6c(-c6ccccc6C6=CCC7C=CC=CC7=C6)c6ccccc56)CC4)C4C=CC=CC34)cc21. The minimum atomic E-state index is 0.0390. The summed E-state index contributed by atoms with van der Waals surface area (Å²) in [6.45, 7) is 4.89. The van der Waals surface area contributed by atoms with Crippen molar-refractivity contribution in [2.75, 3.05) is 0 Å². The van der Waals surface area contributed by atoms with E-state index < -0.39 is 0 Å². The first-order valence-electron chi connectivity index (χ1n) is 24.0. The lowest BCUT2D eigenvalue weighted by Crippen LogP contribution is -2.40.